The molecular formula is C18H12N2O4S. The first kappa shape index (κ1) is 16.5. The van der Waals surface area contributed by atoms with Crippen LogP contribution in [0.3, 0.4) is 0 Å². The number of aromatic carboxylic acids is 1. The van der Waals surface area contributed by atoms with E-state index in [0.717, 1.165) is 0 Å². The molecule has 124 valence electrons. The number of anilines is 1. The summed E-state index contributed by atoms with van der Waals surface area (Å²) in [6.45, 7) is 0. The minimum atomic E-state index is -3.99. The molecule has 0 aliphatic heterocycles. The number of hydrogen-bond donors (Lipinski definition) is 2. The van der Waals surface area contributed by atoms with Gasteiger partial charge in [-0.25, -0.2) is 13.2 Å². The maximum absolute atomic E-state index is 12.5. The van der Waals surface area contributed by atoms with E-state index in [0.29, 0.717) is 16.3 Å². The van der Waals surface area contributed by atoms with Crippen LogP contribution >= 0.6 is 0 Å². The van der Waals surface area contributed by atoms with Crippen LogP contribution in [-0.4, -0.2) is 19.5 Å². The van der Waals surface area contributed by atoms with Crippen LogP contribution in [0, 0.1) is 11.3 Å². The van der Waals surface area contributed by atoms with Gasteiger partial charge in [0.15, 0.2) is 0 Å². The number of rotatable bonds is 4. The molecule has 0 saturated carbocycles. The summed E-state index contributed by atoms with van der Waals surface area (Å²) in [5, 5.41) is 19.6. The molecule has 6 nitrogen and oxygen atoms in total. The Morgan fingerprint density at radius 2 is 1.60 bits per heavy atom. The number of benzene rings is 3. The van der Waals surface area contributed by atoms with Gasteiger partial charge in [-0.2, -0.15) is 5.26 Å². The van der Waals surface area contributed by atoms with E-state index in [1.807, 2.05) is 6.07 Å². The van der Waals surface area contributed by atoms with Gasteiger partial charge in [0, 0.05) is 0 Å². The van der Waals surface area contributed by atoms with E-state index in [-0.39, 0.29) is 16.1 Å². The van der Waals surface area contributed by atoms with Gasteiger partial charge in [0.1, 0.15) is 0 Å². The van der Waals surface area contributed by atoms with E-state index >= 15 is 0 Å². The predicted molar refractivity (Wildman–Crippen MR) is 92.9 cm³/mol. The summed E-state index contributed by atoms with van der Waals surface area (Å²) in [5.41, 5.74) is 0.169. The highest BCUT2D eigenvalue weighted by Crippen LogP contribution is 2.26. The van der Waals surface area contributed by atoms with Crippen LogP contribution in [0.5, 0.6) is 0 Å². The minimum absolute atomic E-state index is 0.0180. The molecule has 0 unspecified atom stereocenters. The highest BCUT2D eigenvalue weighted by molar-refractivity contribution is 7.92. The average Bonchev–Trinajstić information content (AvgIpc) is 2.60. The Morgan fingerprint density at radius 3 is 2.16 bits per heavy atom. The van der Waals surface area contributed by atoms with Crippen molar-refractivity contribution in [3.63, 3.8) is 0 Å². The Balaban J connectivity index is 2.07. The molecular weight excluding hydrogens is 340 g/mol. The maximum atomic E-state index is 12.5. The Labute approximate surface area is 144 Å². The number of carboxylic acid groups (broad SMARTS) is 1. The standard InChI is InChI=1S/C18H12N2O4S/c19-11-12-5-7-15(8-6-12)25(23,24)20-17-10-14-4-2-1-3-13(14)9-16(17)18(21)22/h1-10,20H,(H,21,22). The predicted octanol–water partition coefficient (Wildman–Crippen LogP) is 3.21. The molecule has 0 bridgehead atoms. The lowest BCUT2D eigenvalue weighted by Gasteiger charge is -2.12. The summed E-state index contributed by atoms with van der Waals surface area (Å²) in [6, 6.07) is 17.2. The minimum Gasteiger partial charge on any atom is -0.478 e. The van der Waals surface area contributed by atoms with E-state index in [4.69, 9.17) is 5.26 Å². The van der Waals surface area contributed by atoms with Gasteiger partial charge in [0.25, 0.3) is 10.0 Å². The third kappa shape index (κ3) is 3.29. The van der Waals surface area contributed by atoms with E-state index < -0.39 is 16.0 Å². The lowest BCUT2D eigenvalue weighted by molar-refractivity contribution is 0.0698. The van der Waals surface area contributed by atoms with Crippen LogP contribution in [-0.2, 0) is 10.0 Å². The number of carboxylic acids is 1. The molecule has 3 aromatic rings. The van der Waals surface area contributed by atoms with Gasteiger partial charge in [0.2, 0.25) is 0 Å². The van der Waals surface area contributed by atoms with Crippen LogP contribution < -0.4 is 4.72 Å². The van der Waals surface area contributed by atoms with Gasteiger partial charge in [0.05, 0.1) is 27.8 Å². The number of sulfonamides is 1. The maximum Gasteiger partial charge on any atom is 0.337 e. The molecule has 0 amide bonds. The Hall–Kier alpha value is -3.37. The zero-order valence-electron chi connectivity index (χ0n) is 12.8. The van der Waals surface area contributed by atoms with Crippen molar-refractivity contribution < 1.29 is 18.3 Å². The summed E-state index contributed by atoms with van der Waals surface area (Å²) < 4.78 is 27.4. The van der Waals surface area contributed by atoms with Crippen LogP contribution in [0.1, 0.15) is 15.9 Å². The topological polar surface area (TPSA) is 107 Å². The zero-order chi connectivity index (χ0) is 18.0. The average molecular weight is 352 g/mol. The summed E-state index contributed by atoms with van der Waals surface area (Å²) >= 11 is 0. The molecule has 0 spiro atoms. The molecule has 0 heterocycles. The number of hydrogen-bond acceptors (Lipinski definition) is 4. The van der Waals surface area contributed by atoms with Crippen molar-refractivity contribution in [1.29, 1.82) is 5.26 Å². The van der Waals surface area contributed by atoms with Gasteiger partial charge in [-0.3, -0.25) is 4.72 Å². The number of fused-ring (bicyclic) bond motifs is 1. The Morgan fingerprint density at radius 1 is 1.00 bits per heavy atom. The smallest absolute Gasteiger partial charge is 0.337 e. The second-order valence-corrected chi connectivity index (χ2v) is 6.97. The second-order valence-electron chi connectivity index (χ2n) is 5.29. The van der Waals surface area contributed by atoms with Crippen molar-refractivity contribution in [2.45, 2.75) is 4.90 Å². The third-order valence-corrected chi connectivity index (χ3v) is 5.04. The lowest BCUT2D eigenvalue weighted by atomic mass is 10.1. The zero-order valence-corrected chi connectivity index (χ0v) is 13.6. The SMILES string of the molecule is N#Cc1ccc(S(=O)(=O)Nc2cc3ccccc3cc2C(=O)O)cc1. The molecule has 0 aromatic heterocycles. The summed E-state index contributed by atoms with van der Waals surface area (Å²) in [4.78, 5) is 11.4. The van der Waals surface area contributed by atoms with E-state index in [9.17, 15) is 18.3 Å². The molecule has 0 atom stereocenters. The van der Waals surface area contributed by atoms with Crippen LogP contribution in [0.25, 0.3) is 10.8 Å². The molecule has 7 heteroatoms. The van der Waals surface area contributed by atoms with Crippen LogP contribution in [0.2, 0.25) is 0 Å². The molecule has 3 rings (SSSR count). The monoisotopic (exact) mass is 352 g/mol. The number of nitrogens with one attached hydrogen (secondary N) is 1. The third-order valence-electron chi connectivity index (χ3n) is 3.65. The fraction of sp³-hybridized carbons (Fsp3) is 0. The summed E-state index contributed by atoms with van der Waals surface area (Å²) in [7, 11) is -3.99. The first-order valence-corrected chi connectivity index (χ1v) is 8.68. The fourth-order valence-corrected chi connectivity index (χ4v) is 3.48. The normalized spacial score (nSPS) is 11.0. The summed E-state index contributed by atoms with van der Waals surface area (Å²) in [6.07, 6.45) is 0. The quantitative estimate of drug-likeness (QED) is 0.750. The van der Waals surface area contributed by atoms with Gasteiger partial charge < -0.3 is 5.11 Å². The molecule has 3 aromatic carbocycles. The molecule has 0 fully saturated rings. The largest absolute Gasteiger partial charge is 0.478 e. The van der Waals surface area contributed by atoms with Crippen molar-refractivity contribution in [2.24, 2.45) is 0 Å². The fourth-order valence-electron chi connectivity index (χ4n) is 2.41. The number of nitriles is 1. The molecule has 0 radical (unpaired) electrons. The molecule has 25 heavy (non-hydrogen) atoms. The second kappa shape index (κ2) is 6.26. The van der Waals surface area contributed by atoms with Gasteiger partial charge in [-0.1, -0.05) is 24.3 Å². The molecule has 0 saturated heterocycles. The van der Waals surface area contributed by atoms with Crippen molar-refractivity contribution in [3.8, 4) is 6.07 Å². The first-order valence-electron chi connectivity index (χ1n) is 7.20. The molecule has 0 aliphatic carbocycles. The molecule has 0 aliphatic rings. The van der Waals surface area contributed by atoms with Crippen LogP contribution in [0.4, 0.5) is 5.69 Å². The summed E-state index contributed by atoms with van der Waals surface area (Å²) in [5.74, 6) is -1.23. The Bertz CT molecular complexity index is 1110. The van der Waals surface area contributed by atoms with Gasteiger partial charge in [-0.15, -0.1) is 0 Å². The highest BCUT2D eigenvalue weighted by atomic mass is 32.2. The molecule has 2 N–H and O–H groups in total. The number of carbonyl (C=O) groups is 1. The van der Waals surface area contributed by atoms with Gasteiger partial charge >= 0.3 is 5.97 Å². The lowest BCUT2D eigenvalue weighted by Crippen LogP contribution is -2.15. The van der Waals surface area contributed by atoms with E-state index in [1.165, 1.54) is 36.4 Å². The van der Waals surface area contributed by atoms with Crippen molar-refractivity contribution in [2.75, 3.05) is 4.72 Å². The Kier molecular flexibility index (Phi) is 4.13. The van der Waals surface area contributed by atoms with Crippen molar-refractivity contribution in [3.05, 3.63) is 71.8 Å². The van der Waals surface area contributed by atoms with E-state index in [2.05, 4.69) is 4.72 Å². The van der Waals surface area contributed by atoms with Crippen LogP contribution in [0.15, 0.2) is 65.6 Å². The van der Waals surface area contributed by atoms with E-state index in [1.54, 1.807) is 24.3 Å². The number of nitrogens with zero attached hydrogens (tertiary/aromatic N) is 1. The van der Waals surface area contributed by atoms with Crippen molar-refractivity contribution >= 4 is 32.5 Å². The highest BCUT2D eigenvalue weighted by Gasteiger charge is 2.19. The van der Waals surface area contributed by atoms with Crippen molar-refractivity contribution in [1.82, 2.24) is 0 Å². The first-order chi connectivity index (χ1) is 11.9. The van der Waals surface area contributed by atoms with Gasteiger partial charge in [-0.05, 0) is 47.2 Å².